The lowest BCUT2D eigenvalue weighted by Gasteiger charge is -2.21. The highest BCUT2D eigenvalue weighted by molar-refractivity contribution is 8.00. The summed E-state index contributed by atoms with van der Waals surface area (Å²) >= 11 is 3.24. The third-order valence-electron chi connectivity index (χ3n) is 2.95. The van der Waals surface area contributed by atoms with Crippen LogP contribution in [0.4, 0.5) is 5.13 Å². The Balaban J connectivity index is 2.05. The minimum Gasteiger partial charge on any atom is -0.363 e. The van der Waals surface area contributed by atoms with E-state index in [4.69, 9.17) is 0 Å². The van der Waals surface area contributed by atoms with E-state index < -0.39 is 0 Å². The molecule has 1 saturated heterocycles. The van der Waals surface area contributed by atoms with Gasteiger partial charge in [0, 0.05) is 30.6 Å². The molecule has 18 heavy (non-hydrogen) atoms. The molecule has 0 radical (unpaired) electrons. The van der Waals surface area contributed by atoms with Crippen molar-refractivity contribution in [1.29, 1.82) is 0 Å². The van der Waals surface area contributed by atoms with E-state index in [1.54, 1.807) is 7.05 Å². The lowest BCUT2D eigenvalue weighted by atomic mass is 10.1. The molecule has 1 amide bonds. The number of thioether (sulfide) groups is 1. The summed E-state index contributed by atoms with van der Waals surface area (Å²) in [5.74, 6) is 0.989. The number of nitrogens with one attached hydrogen (secondary N) is 1. The summed E-state index contributed by atoms with van der Waals surface area (Å²) in [6.45, 7) is 6.06. The number of carbonyl (C=O) groups is 1. The molecule has 5 nitrogen and oxygen atoms in total. The monoisotopic (exact) mass is 286 g/mol. The van der Waals surface area contributed by atoms with Crippen molar-refractivity contribution < 1.29 is 4.79 Å². The van der Waals surface area contributed by atoms with Gasteiger partial charge in [-0.05, 0) is 6.42 Å². The van der Waals surface area contributed by atoms with Crippen LogP contribution in [0, 0.1) is 0 Å². The molecule has 1 fully saturated rings. The van der Waals surface area contributed by atoms with Gasteiger partial charge in [-0.1, -0.05) is 25.2 Å². The number of aromatic nitrogens is 2. The normalized spacial score (nSPS) is 19.4. The quantitative estimate of drug-likeness (QED) is 0.900. The van der Waals surface area contributed by atoms with Crippen LogP contribution in [-0.4, -0.2) is 51.6 Å². The highest BCUT2D eigenvalue weighted by Crippen LogP contribution is 2.31. The van der Waals surface area contributed by atoms with Gasteiger partial charge in [0.25, 0.3) is 5.91 Å². The zero-order valence-electron chi connectivity index (χ0n) is 10.9. The second-order valence-corrected chi connectivity index (χ2v) is 7.59. The summed E-state index contributed by atoms with van der Waals surface area (Å²) in [5.41, 5.74) is 0. The van der Waals surface area contributed by atoms with E-state index in [0.29, 0.717) is 10.1 Å². The molecule has 0 spiro atoms. The summed E-state index contributed by atoms with van der Waals surface area (Å²) in [7, 11) is 1.78. The average Bonchev–Trinajstić information content (AvgIpc) is 2.74. The first-order valence-electron chi connectivity index (χ1n) is 5.96. The molecule has 0 atom stereocenters. The molecule has 1 aliphatic rings. The van der Waals surface area contributed by atoms with E-state index in [2.05, 4.69) is 29.4 Å². The Morgan fingerprint density at radius 3 is 2.83 bits per heavy atom. The third-order valence-corrected chi connectivity index (χ3v) is 5.25. The van der Waals surface area contributed by atoms with Crippen molar-refractivity contribution in [3.63, 3.8) is 0 Å². The topological polar surface area (TPSA) is 58.1 Å². The summed E-state index contributed by atoms with van der Waals surface area (Å²) in [6.07, 6.45) is 1.01. The Labute approximate surface area is 115 Å². The summed E-state index contributed by atoms with van der Waals surface area (Å²) < 4.78 is 0.256. The number of hydrogen-bond acceptors (Lipinski definition) is 6. The molecule has 100 valence electrons. The fourth-order valence-corrected chi connectivity index (χ4v) is 3.53. The maximum absolute atomic E-state index is 12.3. The van der Waals surface area contributed by atoms with Crippen molar-refractivity contribution in [1.82, 2.24) is 15.1 Å². The lowest BCUT2D eigenvalue weighted by molar-refractivity contribution is 0.0763. The largest absolute Gasteiger partial charge is 0.363 e. The van der Waals surface area contributed by atoms with Crippen molar-refractivity contribution in [2.24, 2.45) is 0 Å². The Morgan fingerprint density at radius 1 is 1.39 bits per heavy atom. The molecule has 0 unspecified atom stereocenters. The van der Waals surface area contributed by atoms with Crippen molar-refractivity contribution in [2.75, 3.05) is 31.2 Å². The van der Waals surface area contributed by atoms with E-state index in [0.717, 1.165) is 25.3 Å². The molecule has 1 aromatic rings. The Bertz CT molecular complexity index is 432. The summed E-state index contributed by atoms with van der Waals surface area (Å²) in [6, 6.07) is 0. The second-order valence-electron chi connectivity index (χ2n) is 4.81. The van der Waals surface area contributed by atoms with Crippen molar-refractivity contribution >= 4 is 34.1 Å². The third kappa shape index (κ3) is 3.14. The van der Waals surface area contributed by atoms with Crippen LogP contribution < -0.4 is 5.32 Å². The van der Waals surface area contributed by atoms with E-state index in [-0.39, 0.29) is 10.7 Å². The van der Waals surface area contributed by atoms with Crippen LogP contribution in [-0.2, 0) is 0 Å². The van der Waals surface area contributed by atoms with E-state index in [1.165, 1.54) is 11.3 Å². The maximum Gasteiger partial charge on any atom is 0.284 e. The van der Waals surface area contributed by atoms with Gasteiger partial charge < -0.3 is 10.2 Å². The van der Waals surface area contributed by atoms with Crippen molar-refractivity contribution in [2.45, 2.75) is 25.0 Å². The number of amides is 1. The van der Waals surface area contributed by atoms with Gasteiger partial charge in [-0.2, -0.15) is 11.8 Å². The molecule has 1 aliphatic heterocycles. The van der Waals surface area contributed by atoms with Gasteiger partial charge in [-0.3, -0.25) is 4.79 Å². The molecule has 7 heteroatoms. The van der Waals surface area contributed by atoms with Crippen LogP contribution in [0.3, 0.4) is 0 Å². The van der Waals surface area contributed by atoms with Gasteiger partial charge in [0.15, 0.2) is 0 Å². The molecule has 2 heterocycles. The molecular formula is C11H18N4OS2. The molecule has 0 aliphatic carbocycles. The molecular weight excluding hydrogens is 268 g/mol. The van der Waals surface area contributed by atoms with Gasteiger partial charge in [0.05, 0.1) is 0 Å². The molecule has 0 aromatic carbocycles. The van der Waals surface area contributed by atoms with Crippen LogP contribution in [0.15, 0.2) is 0 Å². The Kier molecular flexibility index (Phi) is 4.11. The first kappa shape index (κ1) is 13.6. The number of hydrogen-bond donors (Lipinski definition) is 1. The molecule has 1 N–H and O–H groups in total. The van der Waals surface area contributed by atoms with Crippen LogP contribution in [0.5, 0.6) is 0 Å². The minimum absolute atomic E-state index is 0.00676. The Hall–Kier alpha value is -0.820. The van der Waals surface area contributed by atoms with Gasteiger partial charge in [-0.15, -0.1) is 10.2 Å². The SMILES string of the molecule is CNc1nnc(C(=O)N2CCSC(C)(C)CC2)s1. The van der Waals surface area contributed by atoms with Gasteiger partial charge in [0.1, 0.15) is 0 Å². The van der Waals surface area contributed by atoms with Crippen molar-refractivity contribution in [3.8, 4) is 0 Å². The molecule has 2 rings (SSSR count). The fraction of sp³-hybridized carbons (Fsp3) is 0.727. The smallest absolute Gasteiger partial charge is 0.284 e. The number of carbonyl (C=O) groups excluding carboxylic acids is 1. The predicted octanol–water partition coefficient (Wildman–Crippen LogP) is 1.94. The second kappa shape index (κ2) is 5.44. The van der Waals surface area contributed by atoms with Crippen LogP contribution >= 0.6 is 23.1 Å². The molecule has 0 saturated carbocycles. The number of nitrogens with zero attached hydrogens (tertiary/aromatic N) is 3. The summed E-state index contributed by atoms with van der Waals surface area (Å²) in [4.78, 5) is 14.2. The fourth-order valence-electron chi connectivity index (χ4n) is 1.77. The molecule has 0 bridgehead atoms. The minimum atomic E-state index is 0.00676. The van der Waals surface area contributed by atoms with E-state index in [9.17, 15) is 4.79 Å². The lowest BCUT2D eigenvalue weighted by Crippen LogP contribution is -2.33. The van der Waals surface area contributed by atoms with Crippen LogP contribution in [0.25, 0.3) is 0 Å². The van der Waals surface area contributed by atoms with Gasteiger partial charge >= 0.3 is 0 Å². The highest BCUT2D eigenvalue weighted by atomic mass is 32.2. The first-order chi connectivity index (χ1) is 8.52. The zero-order valence-corrected chi connectivity index (χ0v) is 12.5. The average molecular weight is 286 g/mol. The Morgan fingerprint density at radius 2 is 2.17 bits per heavy atom. The number of anilines is 1. The standard InChI is InChI=1S/C11H18N4OS2/c1-11(2)4-5-15(6-7-17-11)9(16)8-13-14-10(12-3)18-8/h4-7H2,1-3H3,(H,12,14). The highest BCUT2D eigenvalue weighted by Gasteiger charge is 2.27. The predicted molar refractivity (Wildman–Crippen MR) is 76.5 cm³/mol. The first-order valence-corrected chi connectivity index (χ1v) is 7.76. The van der Waals surface area contributed by atoms with Gasteiger partial charge in [0.2, 0.25) is 10.1 Å². The van der Waals surface area contributed by atoms with E-state index >= 15 is 0 Å². The van der Waals surface area contributed by atoms with Crippen LogP contribution in [0.2, 0.25) is 0 Å². The zero-order chi connectivity index (χ0) is 13.2. The van der Waals surface area contributed by atoms with E-state index in [1.807, 2.05) is 16.7 Å². The maximum atomic E-state index is 12.3. The number of rotatable bonds is 2. The summed E-state index contributed by atoms with van der Waals surface area (Å²) in [5, 5.41) is 11.9. The van der Waals surface area contributed by atoms with Gasteiger partial charge in [-0.25, -0.2) is 0 Å². The molecule has 1 aromatic heterocycles. The van der Waals surface area contributed by atoms with Crippen LogP contribution in [0.1, 0.15) is 30.1 Å². The van der Waals surface area contributed by atoms with Crippen molar-refractivity contribution in [3.05, 3.63) is 5.01 Å².